The monoisotopic (exact) mass is 508 g/mol. The molecule has 5 amide bonds. The molecule has 0 aliphatic carbocycles. The SMILES string of the molecule is CC[C@H](NC(=O)OC(C)(C)C)C(=O)NCCNC(=O)OC.COC(=O)NCCNC(=O)[C@@H](N)CO. The summed E-state index contributed by atoms with van der Waals surface area (Å²) in [4.78, 5) is 55.8. The van der Waals surface area contributed by atoms with E-state index in [1.165, 1.54) is 14.2 Å². The van der Waals surface area contributed by atoms with E-state index in [1.807, 2.05) is 0 Å². The molecule has 0 radical (unpaired) electrons. The molecule has 204 valence electrons. The lowest BCUT2D eigenvalue weighted by atomic mass is 10.2. The average Bonchev–Trinajstić information content (AvgIpc) is 2.80. The van der Waals surface area contributed by atoms with Gasteiger partial charge in [-0.2, -0.15) is 0 Å². The number of carbonyl (C=O) groups is 5. The zero-order valence-corrected chi connectivity index (χ0v) is 21.2. The van der Waals surface area contributed by atoms with Gasteiger partial charge in [0.15, 0.2) is 0 Å². The molecule has 0 saturated carbocycles. The molecular formula is C20H40N6O9. The lowest BCUT2D eigenvalue weighted by Crippen LogP contribution is -2.49. The van der Waals surface area contributed by atoms with Crippen molar-refractivity contribution in [3.05, 3.63) is 0 Å². The van der Waals surface area contributed by atoms with Crippen LogP contribution in [0, 0.1) is 0 Å². The molecule has 0 aliphatic heterocycles. The molecule has 0 unspecified atom stereocenters. The van der Waals surface area contributed by atoms with Gasteiger partial charge in [-0.15, -0.1) is 0 Å². The maximum atomic E-state index is 11.9. The van der Waals surface area contributed by atoms with Gasteiger partial charge in [-0.3, -0.25) is 9.59 Å². The lowest BCUT2D eigenvalue weighted by Gasteiger charge is -2.22. The van der Waals surface area contributed by atoms with Crippen LogP contribution in [-0.2, 0) is 23.8 Å². The van der Waals surface area contributed by atoms with E-state index >= 15 is 0 Å². The maximum absolute atomic E-state index is 11.9. The highest BCUT2D eigenvalue weighted by molar-refractivity contribution is 5.85. The van der Waals surface area contributed by atoms with Gasteiger partial charge in [0.2, 0.25) is 11.8 Å². The molecule has 0 aromatic rings. The standard InChI is InChI=1S/C13H25N3O5.C7H15N3O4/c1-6-9(16-12(19)21-13(2,3)4)10(17)14-7-8-15-11(18)20-5;1-14-7(13)10-3-2-9-6(12)5(8)4-11/h9H,6-8H2,1-5H3,(H,14,17)(H,15,18)(H,16,19);5,11H,2-4,8H2,1H3,(H,9,12)(H,10,13)/t9-;5-/m00/s1. The van der Waals surface area contributed by atoms with Crippen molar-refractivity contribution in [3.8, 4) is 0 Å². The van der Waals surface area contributed by atoms with Crippen LogP contribution < -0.4 is 32.3 Å². The van der Waals surface area contributed by atoms with E-state index in [2.05, 4.69) is 36.1 Å². The highest BCUT2D eigenvalue weighted by atomic mass is 16.6. The lowest BCUT2D eigenvalue weighted by molar-refractivity contribution is -0.123. The first-order valence-electron chi connectivity index (χ1n) is 10.9. The fourth-order valence-electron chi connectivity index (χ4n) is 1.98. The number of carbonyl (C=O) groups excluding carboxylic acids is 5. The fourth-order valence-corrected chi connectivity index (χ4v) is 1.98. The molecule has 15 heteroatoms. The summed E-state index contributed by atoms with van der Waals surface area (Å²) < 4.78 is 13.8. The largest absolute Gasteiger partial charge is 0.453 e. The van der Waals surface area contributed by atoms with Crippen molar-refractivity contribution in [1.29, 1.82) is 0 Å². The molecule has 2 atom stereocenters. The van der Waals surface area contributed by atoms with Crippen molar-refractivity contribution in [3.63, 3.8) is 0 Å². The van der Waals surface area contributed by atoms with Crippen molar-refractivity contribution in [2.75, 3.05) is 47.0 Å². The topological polar surface area (TPSA) is 219 Å². The number of amides is 5. The molecule has 8 N–H and O–H groups in total. The van der Waals surface area contributed by atoms with E-state index in [9.17, 15) is 24.0 Å². The molecule has 15 nitrogen and oxygen atoms in total. The number of aliphatic hydroxyl groups is 1. The smallest absolute Gasteiger partial charge is 0.408 e. The Morgan fingerprint density at radius 3 is 1.60 bits per heavy atom. The number of hydrogen-bond acceptors (Lipinski definition) is 10. The molecule has 0 aliphatic rings. The van der Waals surface area contributed by atoms with Gasteiger partial charge < -0.3 is 51.6 Å². The minimum atomic E-state index is -0.923. The first kappa shape index (κ1) is 33.8. The number of nitrogens with one attached hydrogen (secondary N) is 5. The summed E-state index contributed by atoms with van der Waals surface area (Å²) in [6.45, 7) is 7.55. The molecule has 35 heavy (non-hydrogen) atoms. The number of rotatable bonds is 11. The van der Waals surface area contributed by atoms with Crippen LogP contribution in [-0.4, -0.2) is 99.9 Å². The maximum Gasteiger partial charge on any atom is 0.408 e. The van der Waals surface area contributed by atoms with Crippen molar-refractivity contribution in [2.24, 2.45) is 5.73 Å². The average molecular weight is 509 g/mol. The van der Waals surface area contributed by atoms with Gasteiger partial charge in [0, 0.05) is 26.2 Å². The van der Waals surface area contributed by atoms with Crippen LogP contribution in [0.1, 0.15) is 34.1 Å². The van der Waals surface area contributed by atoms with Gasteiger partial charge in [0.25, 0.3) is 0 Å². The Morgan fingerprint density at radius 2 is 1.23 bits per heavy atom. The number of ether oxygens (including phenoxy) is 3. The Labute approximate surface area is 205 Å². The number of methoxy groups -OCH3 is 2. The third-order valence-corrected chi connectivity index (χ3v) is 3.71. The fraction of sp³-hybridized carbons (Fsp3) is 0.750. The van der Waals surface area contributed by atoms with Crippen LogP contribution in [0.5, 0.6) is 0 Å². The molecule has 0 bridgehead atoms. The van der Waals surface area contributed by atoms with Gasteiger partial charge in [-0.05, 0) is 27.2 Å². The summed E-state index contributed by atoms with van der Waals surface area (Å²) >= 11 is 0. The first-order chi connectivity index (χ1) is 16.3. The Morgan fingerprint density at radius 1 is 0.800 bits per heavy atom. The predicted molar refractivity (Wildman–Crippen MR) is 125 cm³/mol. The second-order valence-corrected chi connectivity index (χ2v) is 7.81. The zero-order valence-electron chi connectivity index (χ0n) is 21.2. The zero-order chi connectivity index (χ0) is 27.4. The van der Waals surface area contributed by atoms with E-state index in [0.29, 0.717) is 6.42 Å². The molecule has 0 heterocycles. The third-order valence-electron chi connectivity index (χ3n) is 3.71. The molecule has 0 rings (SSSR count). The Balaban J connectivity index is 0. The van der Waals surface area contributed by atoms with Gasteiger partial charge in [0.05, 0.1) is 20.8 Å². The van der Waals surface area contributed by atoms with Gasteiger partial charge in [0.1, 0.15) is 17.7 Å². The van der Waals surface area contributed by atoms with E-state index in [4.69, 9.17) is 15.6 Å². The minimum Gasteiger partial charge on any atom is -0.453 e. The highest BCUT2D eigenvalue weighted by Crippen LogP contribution is 2.07. The van der Waals surface area contributed by atoms with Crippen molar-refractivity contribution >= 4 is 30.1 Å². The van der Waals surface area contributed by atoms with Crippen molar-refractivity contribution < 1.29 is 43.3 Å². The number of hydrogen-bond donors (Lipinski definition) is 7. The van der Waals surface area contributed by atoms with Gasteiger partial charge in [-0.25, -0.2) is 14.4 Å². The minimum absolute atomic E-state index is 0.237. The third kappa shape index (κ3) is 19.8. The summed E-state index contributed by atoms with van der Waals surface area (Å²) in [5.74, 6) is -0.797. The highest BCUT2D eigenvalue weighted by Gasteiger charge is 2.22. The van der Waals surface area contributed by atoms with Crippen LogP contribution in [0.2, 0.25) is 0 Å². The molecule has 0 aromatic carbocycles. The van der Waals surface area contributed by atoms with E-state index < -0.39 is 48.5 Å². The van der Waals surface area contributed by atoms with E-state index in [1.54, 1.807) is 27.7 Å². The van der Waals surface area contributed by atoms with Crippen LogP contribution in [0.15, 0.2) is 0 Å². The second-order valence-electron chi connectivity index (χ2n) is 7.81. The van der Waals surface area contributed by atoms with Crippen LogP contribution in [0.4, 0.5) is 14.4 Å². The molecule has 0 fully saturated rings. The molecular weight excluding hydrogens is 468 g/mol. The van der Waals surface area contributed by atoms with Gasteiger partial charge >= 0.3 is 18.3 Å². The summed E-state index contributed by atoms with van der Waals surface area (Å²) in [5.41, 5.74) is 4.59. The summed E-state index contributed by atoms with van der Waals surface area (Å²) in [6, 6.07) is -1.61. The summed E-state index contributed by atoms with van der Waals surface area (Å²) in [5, 5.41) is 20.8. The Kier molecular flexibility index (Phi) is 18.4. The normalized spacial score (nSPS) is 11.9. The second kappa shape index (κ2) is 19.0. The van der Waals surface area contributed by atoms with Gasteiger partial charge in [-0.1, -0.05) is 6.92 Å². The molecule has 0 spiro atoms. The number of aliphatic hydroxyl groups excluding tert-OH is 1. The van der Waals surface area contributed by atoms with Crippen LogP contribution >= 0.6 is 0 Å². The quantitative estimate of drug-likeness (QED) is 0.127. The predicted octanol–water partition coefficient (Wildman–Crippen LogP) is -1.46. The van der Waals surface area contributed by atoms with E-state index in [-0.39, 0.29) is 32.1 Å². The van der Waals surface area contributed by atoms with Crippen LogP contribution in [0.25, 0.3) is 0 Å². The van der Waals surface area contributed by atoms with Crippen LogP contribution in [0.3, 0.4) is 0 Å². The van der Waals surface area contributed by atoms with Crippen molar-refractivity contribution in [1.82, 2.24) is 26.6 Å². The Bertz CT molecular complexity index is 670. The number of nitrogens with two attached hydrogens (primary N) is 1. The summed E-state index contributed by atoms with van der Waals surface area (Å²) in [7, 11) is 2.50. The number of alkyl carbamates (subject to hydrolysis) is 3. The Hall–Kier alpha value is -3.33. The first-order valence-corrected chi connectivity index (χ1v) is 10.9. The van der Waals surface area contributed by atoms with Crippen molar-refractivity contribution in [2.45, 2.75) is 51.8 Å². The van der Waals surface area contributed by atoms with E-state index in [0.717, 1.165) is 0 Å². The summed E-state index contributed by atoms with van der Waals surface area (Å²) in [6.07, 6.45) is -1.35. The molecule has 0 saturated heterocycles. The molecule has 0 aromatic heterocycles.